The van der Waals surface area contributed by atoms with E-state index in [2.05, 4.69) is 11.4 Å². The van der Waals surface area contributed by atoms with E-state index in [0.717, 1.165) is 29.7 Å². The van der Waals surface area contributed by atoms with Gasteiger partial charge in [0, 0.05) is 23.5 Å². The quantitative estimate of drug-likeness (QED) is 0.771. The number of amides is 1. The van der Waals surface area contributed by atoms with E-state index >= 15 is 0 Å². The Morgan fingerprint density at radius 3 is 2.57 bits per heavy atom. The molecule has 2 aromatic rings. The summed E-state index contributed by atoms with van der Waals surface area (Å²) in [7, 11) is -3.77. The van der Waals surface area contributed by atoms with Gasteiger partial charge in [-0.3, -0.25) is 4.79 Å². The van der Waals surface area contributed by atoms with E-state index in [-0.39, 0.29) is 15.5 Å². The predicted octanol–water partition coefficient (Wildman–Crippen LogP) is 4.32. The third kappa shape index (κ3) is 3.94. The molecule has 9 heteroatoms. The van der Waals surface area contributed by atoms with E-state index in [9.17, 15) is 18.5 Å². The molecule has 1 N–H and O–H groups in total. The molecule has 0 unspecified atom stereocenters. The van der Waals surface area contributed by atoms with E-state index in [1.54, 1.807) is 0 Å². The van der Waals surface area contributed by atoms with Gasteiger partial charge < -0.3 is 5.32 Å². The van der Waals surface area contributed by atoms with Gasteiger partial charge in [0.05, 0.1) is 10.6 Å². The van der Waals surface area contributed by atoms with Crippen LogP contribution in [0.25, 0.3) is 0 Å². The summed E-state index contributed by atoms with van der Waals surface area (Å²) in [4.78, 5) is 13.6. The zero-order valence-corrected chi connectivity index (χ0v) is 18.0. The molecule has 28 heavy (non-hydrogen) atoms. The second-order valence-corrected chi connectivity index (χ2v) is 10.2. The Hall–Kier alpha value is -1.92. The molecule has 1 saturated heterocycles. The van der Waals surface area contributed by atoms with Gasteiger partial charge in [0.25, 0.3) is 5.91 Å². The lowest BCUT2D eigenvalue weighted by Crippen LogP contribution is -2.35. The summed E-state index contributed by atoms with van der Waals surface area (Å²) in [5.41, 5.74) is 1.42. The summed E-state index contributed by atoms with van der Waals surface area (Å²) in [5.74, 6) is -0.482. The van der Waals surface area contributed by atoms with Crippen LogP contribution in [0.5, 0.6) is 0 Å². The van der Waals surface area contributed by atoms with Crippen LogP contribution in [0.1, 0.15) is 45.6 Å². The molecule has 1 aromatic heterocycles. The minimum absolute atomic E-state index is 0.0669. The fraction of sp³-hybridized carbons (Fsp3) is 0.368. The van der Waals surface area contributed by atoms with Crippen molar-refractivity contribution in [1.82, 2.24) is 4.31 Å². The monoisotopic (exact) mass is 437 g/mol. The van der Waals surface area contributed by atoms with Crippen molar-refractivity contribution < 1.29 is 13.2 Å². The van der Waals surface area contributed by atoms with Crippen LogP contribution in [0.4, 0.5) is 5.00 Å². The minimum Gasteiger partial charge on any atom is -0.312 e. The minimum atomic E-state index is -3.77. The highest BCUT2D eigenvalue weighted by atomic mass is 35.5. The molecule has 1 aliphatic heterocycles. The third-order valence-electron chi connectivity index (χ3n) is 4.85. The van der Waals surface area contributed by atoms with Gasteiger partial charge in [-0.2, -0.15) is 9.57 Å². The number of sulfonamides is 1. The van der Waals surface area contributed by atoms with Gasteiger partial charge in [0.1, 0.15) is 16.0 Å². The number of nitrogens with zero attached hydrogens (tertiary/aromatic N) is 2. The number of halogens is 1. The maximum absolute atomic E-state index is 13.0. The fourth-order valence-corrected chi connectivity index (χ4v) is 6.13. The molecule has 0 spiro atoms. The first-order chi connectivity index (χ1) is 13.3. The van der Waals surface area contributed by atoms with E-state index in [1.165, 1.54) is 33.8 Å². The number of carbonyl (C=O) groups excluding carboxylic acids is 1. The number of thiophene rings is 1. The third-order valence-corrected chi connectivity index (χ3v) is 8.35. The van der Waals surface area contributed by atoms with Gasteiger partial charge in [-0.15, -0.1) is 11.3 Å². The first-order valence-electron chi connectivity index (χ1n) is 8.87. The average Bonchev–Trinajstić information content (AvgIpc) is 2.95. The van der Waals surface area contributed by atoms with Crippen molar-refractivity contribution in [1.29, 1.82) is 5.26 Å². The van der Waals surface area contributed by atoms with E-state index in [4.69, 9.17) is 11.6 Å². The Labute approximate surface area is 173 Å². The summed E-state index contributed by atoms with van der Waals surface area (Å²) >= 11 is 7.48. The number of carbonyl (C=O) groups is 1. The Bertz CT molecular complexity index is 1060. The zero-order valence-electron chi connectivity index (χ0n) is 15.6. The maximum atomic E-state index is 13.0. The molecule has 3 rings (SSSR count). The van der Waals surface area contributed by atoms with Gasteiger partial charge in [-0.1, -0.05) is 18.0 Å². The molecule has 1 aromatic carbocycles. The second-order valence-electron chi connectivity index (χ2n) is 6.66. The molecular formula is C19H20ClN3O3S2. The van der Waals surface area contributed by atoms with Crippen molar-refractivity contribution in [2.45, 2.75) is 38.0 Å². The van der Waals surface area contributed by atoms with Crippen molar-refractivity contribution in [2.75, 3.05) is 18.4 Å². The predicted molar refractivity (Wildman–Crippen MR) is 111 cm³/mol. The van der Waals surface area contributed by atoms with Crippen LogP contribution in [-0.4, -0.2) is 31.7 Å². The number of nitriles is 1. The van der Waals surface area contributed by atoms with E-state index in [1.807, 2.05) is 13.8 Å². The highest BCUT2D eigenvalue weighted by Gasteiger charge is 2.29. The van der Waals surface area contributed by atoms with Crippen LogP contribution in [0.2, 0.25) is 5.02 Å². The molecule has 0 aliphatic carbocycles. The number of hydrogen-bond donors (Lipinski definition) is 1. The number of aryl methyl sites for hydroxylation is 1. The summed E-state index contributed by atoms with van der Waals surface area (Å²) in [6.45, 7) is 4.61. The van der Waals surface area contributed by atoms with Crippen LogP contribution in [-0.2, 0) is 10.0 Å². The van der Waals surface area contributed by atoms with Gasteiger partial charge in [-0.25, -0.2) is 8.42 Å². The number of rotatable bonds is 4. The van der Waals surface area contributed by atoms with Gasteiger partial charge in [0.2, 0.25) is 10.0 Å². The molecule has 0 saturated carbocycles. The van der Waals surface area contributed by atoms with Crippen LogP contribution >= 0.6 is 22.9 Å². The maximum Gasteiger partial charge on any atom is 0.256 e. The van der Waals surface area contributed by atoms with Crippen LogP contribution in [0.3, 0.4) is 0 Å². The summed E-state index contributed by atoms with van der Waals surface area (Å²) in [6, 6.07) is 6.31. The molecule has 0 radical (unpaired) electrons. The second kappa shape index (κ2) is 8.21. The number of hydrogen-bond acceptors (Lipinski definition) is 5. The fourth-order valence-electron chi connectivity index (χ4n) is 3.11. The molecule has 0 atom stereocenters. The molecule has 2 heterocycles. The van der Waals surface area contributed by atoms with Gasteiger partial charge in [0.15, 0.2) is 0 Å². The number of anilines is 1. The van der Waals surface area contributed by atoms with Crippen LogP contribution < -0.4 is 5.32 Å². The normalized spacial score (nSPS) is 15.2. The Balaban J connectivity index is 1.92. The smallest absolute Gasteiger partial charge is 0.256 e. The largest absolute Gasteiger partial charge is 0.312 e. The Morgan fingerprint density at radius 2 is 1.93 bits per heavy atom. The standard InChI is InChI=1S/C19H20ClN3O3S2/c1-12-13(2)27-19(15(12)11-21)22-18(24)14-6-7-16(20)17(10-14)28(25,26)23-8-4-3-5-9-23/h6-7,10H,3-5,8-9H2,1-2H3,(H,22,24). The number of piperidine rings is 1. The van der Waals surface area contributed by atoms with Crippen LogP contribution in [0.15, 0.2) is 23.1 Å². The topological polar surface area (TPSA) is 90.3 Å². The van der Waals surface area contributed by atoms with Crippen molar-refractivity contribution in [3.8, 4) is 6.07 Å². The summed E-state index contributed by atoms with van der Waals surface area (Å²) in [5, 5.41) is 12.6. The van der Waals surface area contributed by atoms with E-state index in [0.29, 0.717) is 23.7 Å². The van der Waals surface area contributed by atoms with Crippen molar-refractivity contribution >= 4 is 43.9 Å². The lowest BCUT2D eigenvalue weighted by molar-refractivity contribution is 0.102. The van der Waals surface area contributed by atoms with Gasteiger partial charge in [-0.05, 0) is 50.5 Å². The summed E-state index contributed by atoms with van der Waals surface area (Å²) in [6.07, 6.45) is 2.62. The van der Waals surface area contributed by atoms with Gasteiger partial charge >= 0.3 is 0 Å². The highest BCUT2D eigenvalue weighted by molar-refractivity contribution is 7.89. The van der Waals surface area contributed by atoms with Crippen molar-refractivity contribution in [2.24, 2.45) is 0 Å². The van der Waals surface area contributed by atoms with E-state index < -0.39 is 15.9 Å². The van der Waals surface area contributed by atoms with Crippen LogP contribution in [0, 0.1) is 25.2 Å². The summed E-state index contributed by atoms with van der Waals surface area (Å²) < 4.78 is 27.3. The molecular weight excluding hydrogens is 418 g/mol. The van der Waals surface area contributed by atoms with Crippen molar-refractivity contribution in [3.05, 3.63) is 44.8 Å². The molecule has 1 aliphatic rings. The Kier molecular flexibility index (Phi) is 6.10. The Morgan fingerprint density at radius 1 is 1.25 bits per heavy atom. The number of benzene rings is 1. The average molecular weight is 438 g/mol. The SMILES string of the molecule is Cc1sc(NC(=O)c2ccc(Cl)c(S(=O)(=O)N3CCCCC3)c2)c(C#N)c1C. The zero-order chi connectivity index (χ0) is 20.5. The molecule has 6 nitrogen and oxygen atoms in total. The number of nitrogens with one attached hydrogen (secondary N) is 1. The highest BCUT2D eigenvalue weighted by Crippen LogP contribution is 2.33. The molecule has 1 amide bonds. The van der Waals surface area contributed by atoms with Crippen molar-refractivity contribution in [3.63, 3.8) is 0 Å². The molecule has 0 bridgehead atoms. The molecule has 148 valence electrons. The first kappa shape index (κ1) is 20.8. The first-order valence-corrected chi connectivity index (χ1v) is 11.5. The lowest BCUT2D eigenvalue weighted by atomic mass is 10.1. The molecule has 1 fully saturated rings. The lowest BCUT2D eigenvalue weighted by Gasteiger charge is -2.26.